The molecule has 9 nitrogen and oxygen atoms in total. The molecule has 0 bridgehead atoms. The van der Waals surface area contributed by atoms with Crippen LogP contribution in [0.3, 0.4) is 0 Å². The zero-order valence-corrected chi connectivity index (χ0v) is 13.4. The molecule has 1 aromatic rings. The molecule has 0 saturated carbocycles. The van der Waals surface area contributed by atoms with Crippen molar-refractivity contribution in [1.29, 1.82) is 0 Å². The maximum atomic E-state index is 11.7. The van der Waals surface area contributed by atoms with Gasteiger partial charge < -0.3 is 14.2 Å². The van der Waals surface area contributed by atoms with E-state index in [1.807, 2.05) is 0 Å². The zero-order chi connectivity index (χ0) is 18.4. The van der Waals surface area contributed by atoms with Crippen molar-refractivity contribution in [3.63, 3.8) is 0 Å². The van der Waals surface area contributed by atoms with Crippen LogP contribution in [0.1, 0.15) is 20.8 Å². The Labute approximate surface area is 137 Å². The number of carbonyl (C=O) groups is 3. The van der Waals surface area contributed by atoms with E-state index >= 15 is 0 Å². The Morgan fingerprint density at radius 2 is 1.04 bits per heavy atom. The van der Waals surface area contributed by atoms with E-state index in [0.29, 0.717) is 0 Å². The summed E-state index contributed by atoms with van der Waals surface area (Å²) in [7, 11) is 0. The topological polar surface area (TPSA) is 118 Å². The first-order valence-electron chi connectivity index (χ1n) is 6.49. The Hall–Kier alpha value is -3.36. The van der Waals surface area contributed by atoms with Crippen LogP contribution in [0.2, 0.25) is 0 Å². The lowest BCUT2D eigenvalue weighted by Crippen LogP contribution is -2.17. The summed E-state index contributed by atoms with van der Waals surface area (Å²) >= 11 is 0. The van der Waals surface area contributed by atoms with Gasteiger partial charge in [-0.05, 0) is 26.0 Å². The second-order valence-corrected chi connectivity index (χ2v) is 4.74. The van der Waals surface area contributed by atoms with Crippen LogP contribution >= 0.6 is 0 Å². The number of hydrogen-bond donors (Lipinski definition) is 0. The van der Waals surface area contributed by atoms with Crippen molar-refractivity contribution in [3.05, 3.63) is 36.5 Å². The Morgan fingerprint density at radius 3 is 1.38 bits per heavy atom. The van der Waals surface area contributed by atoms with Gasteiger partial charge in [0, 0.05) is 16.7 Å². The Balaban J connectivity index is 3.31. The molecule has 0 N–H and O–H groups in total. The van der Waals surface area contributed by atoms with Crippen LogP contribution in [-0.4, -0.2) is 33.3 Å². The third-order valence-corrected chi connectivity index (χ3v) is 2.28. The van der Waals surface area contributed by atoms with Crippen LogP contribution in [0.25, 0.3) is 0 Å². The first kappa shape index (κ1) is 18.7. The summed E-state index contributed by atoms with van der Waals surface area (Å²) in [6, 6.07) is 0. The standard InChI is InChI=1S/C15H15N3O6/c1-7(2)13(19)22-10-11(23-14(20)8(3)4)16-18-17-12(10)24-15(21)9(5)6/h1,3,5H2,2,4,6H3. The maximum absolute atomic E-state index is 11.7. The van der Waals surface area contributed by atoms with Gasteiger partial charge in [-0.2, -0.15) is 0 Å². The van der Waals surface area contributed by atoms with Crippen molar-refractivity contribution in [2.45, 2.75) is 20.8 Å². The van der Waals surface area contributed by atoms with Crippen molar-refractivity contribution < 1.29 is 28.6 Å². The Morgan fingerprint density at radius 1 is 0.708 bits per heavy atom. The predicted octanol–water partition coefficient (Wildman–Crippen LogP) is 1.32. The van der Waals surface area contributed by atoms with Crippen LogP contribution in [0.4, 0.5) is 0 Å². The second-order valence-electron chi connectivity index (χ2n) is 4.74. The third-order valence-electron chi connectivity index (χ3n) is 2.28. The summed E-state index contributed by atoms with van der Waals surface area (Å²) in [4.78, 5) is 35.0. The van der Waals surface area contributed by atoms with Gasteiger partial charge in [0.25, 0.3) is 17.5 Å². The molecule has 1 heterocycles. The molecule has 0 aliphatic heterocycles. The quantitative estimate of drug-likeness (QED) is 0.561. The van der Waals surface area contributed by atoms with Gasteiger partial charge in [-0.15, -0.1) is 0 Å². The average molecular weight is 333 g/mol. The van der Waals surface area contributed by atoms with Gasteiger partial charge >= 0.3 is 17.9 Å². The fraction of sp³-hybridized carbons (Fsp3) is 0.200. The highest BCUT2D eigenvalue weighted by molar-refractivity contribution is 5.92. The lowest BCUT2D eigenvalue weighted by molar-refractivity contribution is -0.134. The van der Waals surface area contributed by atoms with Crippen molar-refractivity contribution in [1.82, 2.24) is 15.4 Å². The molecule has 1 aromatic heterocycles. The fourth-order valence-corrected chi connectivity index (χ4v) is 1.04. The van der Waals surface area contributed by atoms with Gasteiger partial charge in [0.1, 0.15) is 0 Å². The summed E-state index contributed by atoms with van der Waals surface area (Å²) in [5.74, 6) is -4.10. The average Bonchev–Trinajstić information content (AvgIpc) is 2.49. The number of nitrogens with zero attached hydrogens (tertiary/aromatic N) is 3. The van der Waals surface area contributed by atoms with Gasteiger partial charge in [-0.1, -0.05) is 29.9 Å². The van der Waals surface area contributed by atoms with E-state index in [1.54, 1.807) is 0 Å². The molecule has 0 amide bonds. The monoisotopic (exact) mass is 333 g/mol. The van der Waals surface area contributed by atoms with Crippen LogP contribution < -0.4 is 14.2 Å². The largest absolute Gasteiger partial charge is 0.411 e. The number of carbonyl (C=O) groups excluding carboxylic acids is 3. The molecule has 0 fully saturated rings. The Bertz CT molecular complexity index is 707. The van der Waals surface area contributed by atoms with Crippen molar-refractivity contribution in [3.8, 4) is 17.5 Å². The van der Waals surface area contributed by atoms with E-state index in [9.17, 15) is 14.4 Å². The first-order valence-corrected chi connectivity index (χ1v) is 6.49. The summed E-state index contributed by atoms with van der Waals surface area (Å²) < 4.78 is 14.8. The minimum absolute atomic E-state index is 0.0427. The van der Waals surface area contributed by atoms with Crippen LogP contribution in [0, 0.1) is 0 Å². The minimum Gasteiger partial charge on any atom is -0.411 e. The van der Waals surface area contributed by atoms with Crippen molar-refractivity contribution in [2.24, 2.45) is 0 Å². The van der Waals surface area contributed by atoms with E-state index in [-0.39, 0.29) is 16.7 Å². The fourth-order valence-electron chi connectivity index (χ4n) is 1.04. The summed E-state index contributed by atoms with van der Waals surface area (Å²) in [5, 5.41) is 10.2. The predicted molar refractivity (Wildman–Crippen MR) is 81.2 cm³/mol. The molecule has 0 aliphatic rings. The maximum Gasteiger partial charge on any atom is 0.340 e. The second kappa shape index (κ2) is 7.77. The molecule has 1 rings (SSSR count). The molecule has 24 heavy (non-hydrogen) atoms. The molecule has 0 radical (unpaired) electrons. The van der Waals surface area contributed by atoms with Gasteiger partial charge in [-0.25, -0.2) is 14.4 Å². The van der Waals surface area contributed by atoms with E-state index in [2.05, 4.69) is 35.1 Å². The number of hydrogen-bond acceptors (Lipinski definition) is 9. The first-order chi connectivity index (χ1) is 11.1. The van der Waals surface area contributed by atoms with Crippen LogP contribution in [0.15, 0.2) is 36.5 Å². The highest BCUT2D eigenvalue weighted by atomic mass is 16.6. The van der Waals surface area contributed by atoms with Crippen molar-refractivity contribution in [2.75, 3.05) is 0 Å². The summed E-state index contributed by atoms with van der Waals surface area (Å²) in [5.41, 5.74) is 0.165. The molecule has 0 atom stereocenters. The van der Waals surface area contributed by atoms with E-state index in [4.69, 9.17) is 14.2 Å². The van der Waals surface area contributed by atoms with Crippen LogP contribution in [-0.2, 0) is 14.4 Å². The lowest BCUT2D eigenvalue weighted by atomic mass is 10.3. The molecule has 0 spiro atoms. The van der Waals surface area contributed by atoms with Gasteiger partial charge in [-0.3, -0.25) is 0 Å². The van der Waals surface area contributed by atoms with E-state index < -0.39 is 35.4 Å². The minimum atomic E-state index is -0.870. The SMILES string of the molecule is C=C(C)C(=O)Oc1nnnc(OC(=O)C(=C)C)c1OC(=O)C(=C)C. The van der Waals surface area contributed by atoms with Crippen LogP contribution in [0.5, 0.6) is 17.5 Å². The van der Waals surface area contributed by atoms with E-state index in [1.165, 1.54) is 20.8 Å². The molecule has 0 aromatic carbocycles. The van der Waals surface area contributed by atoms with Gasteiger partial charge in [0.05, 0.1) is 0 Å². The normalized spacial score (nSPS) is 9.62. The lowest BCUT2D eigenvalue weighted by Gasteiger charge is -2.11. The molecular weight excluding hydrogens is 318 g/mol. The molecule has 9 heteroatoms. The van der Waals surface area contributed by atoms with E-state index in [0.717, 1.165) is 0 Å². The highest BCUT2D eigenvalue weighted by Crippen LogP contribution is 2.33. The highest BCUT2D eigenvalue weighted by Gasteiger charge is 2.25. The molecule has 0 saturated heterocycles. The summed E-state index contributed by atoms with van der Waals surface area (Å²) in [6.07, 6.45) is 0. The van der Waals surface area contributed by atoms with Crippen molar-refractivity contribution >= 4 is 17.9 Å². The molecule has 126 valence electrons. The number of aromatic nitrogens is 3. The molecule has 0 aliphatic carbocycles. The zero-order valence-electron chi connectivity index (χ0n) is 13.4. The van der Waals surface area contributed by atoms with Gasteiger partial charge in [0.2, 0.25) is 0 Å². The molecular formula is C15H15N3O6. The van der Waals surface area contributed by atoms with Gasteiger partial charge in [0.15, 0.2) is 0 Å². The number of ether oxygens (including phenoxy) is 3. The smallest absolute Gasteiger partial charge is 0.340 e. The number of esters is 3. The Kier molecular flexibility index (Phi) is 6.05. The number of rotatable bonds is 6. The third kappa shape index (κ3) is 4.83. The molecule has 0 unspecified atom stereocenters. The summed E-state index contributed by atoms with van der Waals surface area (Å²) in [6.45, 7) is 14.4.